The van der Waals surface area contributed by atoms with E-state index in [0.717, 1.165) is 0 Å². The van der Waals surface area contributed by atoms with Gasteiger partial charge in [-0.05, 0) is 32.0 Å². The van der Waals surface area contributed by atoms with E-state index in [4.69, 9.17) is 9.15 Å². The first-order valence-electron chi connectivity index (χ1n) is 4.99. The average molecular weight is 222 g/mol. The highest BCUT2D eigenvalue weighted by atomic mass is 19.1. The van der Waals surface area contributed by atoms with Crippen molar-refractivity contribution in [1.82, 2.24) is 0 Å². The van der Waals surface area contributed by atoms with Crippen molar-refractivity contribution >= 4 is 16.9 Å². The fourth-order valence-corrected chi connectivity index (χ4v) is 1.65. The maximum atomic E-state index is 13.1. The number of fused-ring (bicyclic) bond motifs is 1. The number of esters is 1. The molecule has 0 atom stereocenters. The maximum Gasteiger partial charge on any atom is 0.342 e. The van der Waals surface area contributed by atoms with Crippen LogP contribution in [0.15, 0.2) is 22.6 Å². The zero-order chi connectivity index (χ0) is 11.7. The summed E-state index contributed by atoms with van der Waals surface area (Å²) in [4.78, 5) is 11.6. The van der Waals surface area contributed by atoms with Crippen LogP contribution >= 0.6 is 0 Å². The Morgan fingerprint density at radius 1 is 1.50 bits per heavy atom. The molecule has 3 nitrogen and oxygen atoms in total. The van der Waals surface area contributed by atoms with Gasteiger partial charge in [-0.25, -0.2) is 9.18 Å². The van der Waals surface area contributed by atoms with Crippen molar-refractivity contribution in [1.29, 1.82) is 0 Å². The van der Waals surface area contributed by atoms with Gasteiger partial charge in [-0.3, -0.25) is 0 Å². The Morgan fingerprint density at radius 2 is 2.25 bits per heavy atom. The molecule has 0 saturated heterocycles. The second-order valence-electron chi connectivity index (χ2n) is 3.39. The van der Waals surface area contributed by atoms with Gasteiger partial charge in [0, 0.05) is 5.39 Å². The lowest BCUT2D eigenvalue weighted by atomic mass is 10.1. The Kier molecular flexibility index (Phi) is 2.64. The number of halogens is 1. The van der Waals surface area contributed by atoms with Crippen LogP contribution in [0.25, 0.3) is 11.0 Å². The zero-order valence-electron chi connectivity index (χ0n) is 9.04. The number of ether oxygens (including phenoxy) is 1. The lowest BCUT2D eigenvalue weighted by molar-refractivity contribution is 0.0526. The molecule has 0 unspecified atom stereocenters. The normalized spacial score (nSPS) is 10.7. The summed E-state index contributed by atoms with van der Waals surface area (Å²) in [5.41, 5.74) is 0.790. The van der Waals surface area contributed by atoms with Gasteiger partial charge in [-0.2, -0.15) is 0 Å². The van der Waals surface area contributed by atoms with Crippen molar-refractivity contribution in [2.75, 3.05) is 6.61 Å². The average Bonchev–Trinajstić information content (AvgIpc) is 2.53. The molecule has 1 aromatic carbocycles. The Labute approximate surface area is 91.8 Å². The summed E-state index contributed by atoms with van der Waals surface area (Å²) >= 11 is 0. The lowest BCUT2D eigenvalue weighted by Gasteiger charge is -1.99. The number of rotatable bonds is 2. The molecule has 2 aromatic rings. The standard InChI is InChI=1S/C12H11FO3/c1-3-15-12(14)11-7(2)16-10-5-4-8(13)6-9(10)11/h4-6H,3H2,1-2H3. The second-order valence-corrected chi connectivity index (χ2v) is 3.39. The molecule has 4 heteroatoms. The van der Waals surface area contributed by atoms with E-state index in [-0.39, 0.29) is 6.61 Å². The molecule has 2 rings (SSSR count). The molecule has 84 valence electrons. The summed E-state index contributed by atoms with van der Waals surface area (Å²) in [7, 11) is 0. The summed E-state index contributed by atoms with van der Waals surface area (Å²) in [5, 5.41) is 0.455. The van der Waals surface area contributed by atoms with Crippen LogP contribution in [0.4, 0.5) is 4.39 Å². The third kappa shape index (κ3) is 1.66. The third-order valence-electron chi connectivity index (χ3n) is 2.31. The van der Waals surface area contributed by atoms with Gasteiger partial charge in [0.1, 0.15) is 22.7 Å². The predicted molar refractivity (Wildman–Crippen MR) is 56.9 cm³/mol. The molecular formula is C12H11FO3. The van der Waals surface area contributed by atoms with E-state index in [0.29, 0.717) is 22.3 Å². The Hall–Kier alpha value is -1.84. The number of benzene rings is 1. The minimum Gasteiger partial charge on any atom is -0.462 e. The van der Waals surface area contributed by atoms with Crippen LogP contribution in [0.1, 0.15) is 23.0 Å². The summed E-state index contributed by atoms with van der Waals surface area (Å²) in [5.74, 6) is -0.442. The SMILES string of the molecule is CCOC(=O)c1c(C)oc2ccc(F)cc12. The first-order valence-corrected chi connectivity index (χ1v) is 4.99. The van der Waals surface area contributed by atoms with Crippen LogP contribution in [-0.2, 0) is 4.74 Å². The monoisotopic (exact) mass is 222 g/mol. The van der Waals surface area contributed by atoms with E-state index < -0.39 is 11.8 Å². The molecule has 1 heterocycles. The molecule has 16 heavy (non-hydrogen) atoms. The fraction of sp³-hybridized carbons (Fsp3) is 0.250. The van der Waals surface area contributed by atoms with Crippen molar-refractivity contribution in [2.24, 2.45) is 0 Å². The number of carbonyl (C=O) groups excluding carboxylic acids is 1. The summed E-state index contributed by atoms with van der Waals surface area (Å²) in [6.45, 7) is 3.65. The van der Waals surface area contributed by atoms with Gasteiger partial charge in [-0.1, -0.05) is 0 Å². The van der Waals surface area contributed by atoms with Gasteiger partial charge in [-0.15, -0.1) is 0 Å². The Balaban J connectivity index is 2.62. The third-order valence-corrected chi connectivity index (χ3v) is 2.31. The van der Waals surface area contributed by atoms with Gasteiger partial charge in [0.15, 0.2) is 0 Å². The van der Waals surface area contributed by atoms with Crippen molar-refractivity contribution < 1.29 is 18.3 Å². The van der Waals surface area contributed by atoms with E-state index in [9.17, 15) is 9.18 Å². The van der Waals surface area contributed by atoms with Crippen LogP contribution < -0.4 is 0 Å². The number of hydrogen-bond donors (Lipinski definition) is 0. The first-order chi connectivity index (χ1) is 7.63. The van der Waals surface area contributed by atoms with Crippen LogP contribution in [0.2, 0.25) is 0 Å². The van der Waals surface area contributed by atoms with Crippen LogP contribution in [-0.4, -0.2) is 12.6 Å². The molecule has 0 bridgehead atoms. The molecule has 0 N–H and O–H groups in total. The summed E-state index contributed by atoms with van der Waals surface area (Å²) in [6.07, 6.45) is 0. The molecule has 0 aliphatic rings. The summed E-state index contributed by atoms with van der Waals surface area (Å²) in [6, 6.07) is 4.07. The highest BCUT2D eigenvalue weighted by molar-refractivity contribution is 6.04. The molecule has 0 amide bonds. The van der Waals surface area contributed by atoms with Gasteiger partial charge in [0.05, 0.1) is 6.61 Å². The quantitative estimate of drug-likeness (QED) is 0.733. The van der Waals surface area contributed by atoms with E-state index >= 15 is 0 Å². The highest BCUT2D eigenvalue weighted by Crippen LogP contribution is 2.26. The van der Waals surface area contributed by atoms with Crippen molar-refractivity contribution in [3.8, 4) is 0 Å². The number of aryl methyl sites for hydroxylation is 1. The molecule has 0 aliphatic carbocycles. The predicted octanol–water partition coefficient (Wildman–Crippen LogP) is 3.06. The summed E-state index contributed by atoms with van der Waals surface area (Å²) < 4.78 is 23.3. The van der Waals surface area contributed by atoms with E-state index in [1.54, 1.807) is 13.8 Å². The van der Waals surface area contributed by atoms with E-state index in [2.05, 4.69) is 0 Å². The van der Waals surface area contributed by atoms with Crippen molar-refractivity contribution in [3.05, 3.63) is 35.3 Å². The minimum atomic E-state index is -0.482. The minimum absolute atomic E-state index is 0.278. The van der Waals surface area contributed by atoms with Crippen LogP contribution in [0, 0.1) is 12.7 Å². The van der Waals surface area contributed by atoms with Gasteiger partial charge in [0.25, 0.3) is 0 Å². The molecule has 0 spiro atoms. The van der Waals surface area contributed by atoms with E-state index in [1.165, 1.54) is 18.2 Å². The molecule has 0 saturated carbocycles. The fourth-order valence-electron chi connectivity index (χ4n) is 1.65. The van der Waals surface area contributed by atoms with Crippen molar-refractivity contribution in [3.63, 3.8) is 0 Å². The topological polar surface area (TPSA) is 39.4 Å². The molecule has 0 aliphatic heterocycles. The number of furan rings is 1. The molecular weight excluding hydrogens is 211 g/mol. The van der Waals surface area contributed by atoms with Crippen molar-refractivity contribution in [2.45, 2.75) is 13.8 Å². The second kappa shape index (κ2) is 3.96. The first kappa shape index (κ1) is 10.7. The smallest absolute Gasteiger partial charge is 0.342 e. The highest BCUT2D eigenvalue weighted by Gasteiger charge is 2.19. The Bertz CT molecular complexity index is 542. The zero-order valence-corrected chi connectivity index (χ0v) is 9.04. The largest absolute Gasteiger partial charge is 0.462 e. The van der Waals surface area contributed by atoms with Crippen LogP contribution in [0.3, 0.4) is 0 Å². The Morgan fingerprint density at radius 3 is 2.94 bits per heavy atom. The van der Waals surface area contributed by atoms with Gasteiger partial charge in [0.2, 0.25) is 0 Å². The molecule has 1 aromatic heterocycles. The molecule has 0 radical (unpaired) electrons. The van der Waals surface area contributed by atoms with Crippen LogP contribution in [0.5, 0.6) is 0 Å². The van der Waals surface area contributed by atoms with Gasteiger partial charge >= 0.3 is 5.97 Å². The maximum absolute atomic E-state index is 13.1. The van der Waals surface area contributed by atoms with E-state index in [1.807, 2.05) is 0 Å². The number of carbonyl (C=O) groups is 1. The molecule has 0 fully saturated rings. The number of hydrogen-bond acceptors (Lipinski definition) is 3. The lowest BCUT2D eigenvalue weighted by Crippen LogP contribution is -2.05. The van der Waals surface area contributed by atoms with Gasteiger partial charge < -0.3 is 9.15 Å².